The minimum atomic E-state index is -3.02. The first-order valence-corrected chi connectivity index (χ1v) is 14.0. The van der Waals surface area contributed by atoms with Crippen LogP contribution in [0.5, 0.6) is 0 Å². The van der Waals surface area contributed by atoms with Crippen molar-refractivity contribution in [2.24, 2.45) is 5.92 Å². The number of amides is 3. The number of aromatic carboxylic acids is 1. The van der Waals surface area contributed by atoms with Gasteiger partial charge in [-0.3, -0.25) is 14.4 Å². The van der Waals surface area contributed by atoms with E-state index < -0.39 is 102 Å². The molecule has 1 aliphatic rings. The second-order valence-electron chi connectivity index (χ2n) is 10.8. The van der Waals surface area contributed by atoms with Crippen molar-refractivity contribution in [1.82, 2.24) is 15.5 Å². The molecule has 0 aliphatic carbocycles. The van der Waals surface area contributed by atoms with Crippen LogP contribution >= 0.6 is 0 Å². The van der Waals surface area contributed by atoms with Crippen LogP contribution in [-0.2, 0) is 32.1 Å². The van der Waals surface area contributed by atoms with Gasteiger partial charge >= 0.3 is 5.97 Å². The maximum atomic E-state index is 14.2. The fraction of sp³-hybridized carbons (Fsp3) is 0.467. The number of aliphatic hydroxyl groups excluding tert-OH is 1. The summed E-state index contributed by atoms with van der Waals surface area (Å²) in [6.07, 6.45) is -6.63. The number of carboxylic acid groups (broad SMARTS) is 1. The second-order valence-corrected chi connectivity index (χ2v) is 10.8. The molecule has 3 amide bonds. The molecule has 4 atom stereocenters. The monoisotopic (exact) mass is 625 g/mol. The molecule has 2 aromatic rings. The number of carbonyl (C=O) groups excluding carboxylic acids is 3. The summed E-state index contributed by atoms with van der Waals surface area (Å²) in [4.78, 5) is 51.3. The van der Waals surface area contributed by atoms with Crippen molar-refractivity contribution in [3.8, 4) is 0 Å². The molecule has 1 heterocycles. The van der Waals surface area contributed by atoms with E-state index in [9.17, 15) is 41.8 Å². The van der Waals surface area contributed by atoms with E-state index in [1.165, 1.54) is 0 Å². The zero-order valence-electron chi connectivity index (χ0n) is 24.1. The summed E-state index contributed by atoms with van der Waals surface area (Å²) in [7, 11) is 0. The van der Waals surface area contributed by atoms with E-state index in [4.69, 9.17) is 9.84 Å². The molecule has 2 aromatic carbocycles. The van der Waals surface area contributed by atoms with Crippen molar-refractivity contribution in [2.75, 3.05) is 13.1 Å². The van der Waals surface area contributed by atoms with E-state index in [0.717, 1.165) is 10.5 Å². The molecule has 0 aromatic heterocycles. The molecule has 3 rings (SSSR count). The molecule has 240 valence electrons. The quantitative estimate of drug-likeness (QED) is 0.236. The predicted octanol–water partition coefficient (Wildman–Crippen LogP) is 2.66. The standard InChI is InChI=1S/C30H35F4N3O7/c1-16(2)26(38)29(41)37-14-19(44-15-17-6-4-3-5-7-17)12-24(37)28(40)36-23(13-25(33)34)27(39)35-9-8-20-21(31)10-18(30(42)43)11-22(20)32/h3-7,10-11,16,19,23-26,38H,8-9,12-15H2,1-2H3,(H,35,39)(H,36,40)(H,42,43)/t19-,23+,24+,26+/m1/s1. The highest BCUT2D eigenvalue weighted by atomic mass is 19.3. The van der Waals surface area contributed by atoms with Crippen molar-refractivity contribution in [1.29, 1.82) is 0 Å². The van der Waals surface area contributed by atoms with Crippen LogP contribution < -0.4 is 10.6 Å². The lowest BCUT2D eigenvalue weighted by atomic mass is 10.1. The van der Waals surface area contributed by atoms with Gasteiger partial charge in [0, 0.05) is 31.5 Å². The topological polar surface area (TPSA) is 145 Å². The van der Waals surface area contributed by atoms with Crippen LogP contribution in [0.2, 0.25) is 0 Å². The van der Waals surface area contributed by atoms with E-state index >= 15 is 0 Å². The third-order valence-electron chi connectivity index (χ3n) is 7.17. The summed E-state index contributed by atoms with van der Waals surface area (Å²) < 4.78 is 61.1. The van der Waals surface area contributed by atoms with E-state index in [2.05, 4.69) is 10.6 Å². The third kappa shape index (κ3) is 9.23. The van der Waals surface area contributed by atoms with Crippen LogP contribution in [0, 0.1) is 17.6 Å². The molecule has 1 saturated heterocycles. The number of alkyl halides is 2. The molecule has 10 nitrogen and oxygen atoms in total. The van der Waals surface area contributed by atoms with Crippen molar-refractivity contribution < 1.29 is 51.7 Å². The van der Waals surface area contributed by atoms with Crippen LogP contribution in [0.25, 0.3) is 0 Å². The van der Waals surface area contributed by atoms with Crippen molar-refractivity contribution in [2.45, 2.75) is 70.4 Å². The van der Waals surface area contributed by atoms with Crippen LogP contribution in [0.15, 0.2) is 42.5 Å². The Morgan fingerprint density at radius 2 is 1.70 bits per heavy atom. The van der Waals surface area contributed by atoms with Gasteiger partial charge in [0.15, 0.2) is 0 Å². The van der Waals surface area contributed by atoms with Gasteiger partial charge in [0.2, 0.25) is 18.2 Å². The first-order valence-electron chi connectivity index (χ1n) is 14.0. The number of likely N-dealkylation sites (tertiary alicyclic amines) is 1. The Morgan fingerprint density at radius 1 is 1.07 bits per heavy atom. The normalized spacial score (nSPS) is 17.9. The summed E-state index contributed by atoms with van der Waals surface area (Å²) >= 11 is 0. The Kier molecular flexibility index (Phi) is 12.2. The lowest BCUT2D eigenvalue weighted by Gasteiger charge is -2.28. The number of rotatable bonds is 14. The molecular weight excluding hydrogens is 590 g/mol. The average molecular weight is 626 g/mol. The zero-order valence-corrected chi connectivity index (χ0v) is 24.1. The molecule has 0 radical (unpaired) electrons. The van der Waals surface area contributed by atoms with Gasteiger partial charge in [-0.15, -0.1) is 0 Å². The fourth-order valence-electron chi connectivity index (χ4n) is 4.73. The molecule has 4 N–H and O–H groups in total. The highest BCUT2D eigenvalue weighted by Crippen LogP contribution is 2.25. The molecule has 0 bridgehead atoms. The molecular formula is C30H35F4N3O7. The summed E-state index contributed by atoms with van der Waals surface area (Å²) in [5, 5.41) is 23.8. The van der Waals surface area contributed by atoms with Gasteiger partial charge in [-0.05, 0) is 30.0 Å². The van der Waals surface area contributed by atoms with E-state index in [1.807, 2.05) is 30.3 Å². The number of carbonyl (C=O) groups is 4. The Morgan fingerprint density at radius 3 is 2.27 bits per heavy atom. The molecule has 0 unspecified atom stereocenters. The maximum Gasteiger partial charge on any atom is 0.335 e. The number of carboxylic acids is 1. The van der Waals surface area contributed by atoms with Crippen LogP contribution in [-0.4, -0.2) is 82.6 Å². The predicted molar refractivity (Wildman–Crippen MR) is 149 cm³/mol. The summed E-state index contributed by atoms with van der Waals surface area (Å²) in [5.74, 6) is -7.07. The number of hydrogen-bond acceptors (Lipinski definition) is 6. The number of hydrogen-bond donors (Lipinski definition) is 4. The summed E-state index contributed by atoms with van der Waals surface area (Å²) in [6.45, 7) is 2.91. The molecule has 1 aliphatic heterocycles. The highest BCUT2D eigenvalue weighted by Gasteiger charge is 2.43. The molecule has 0 spiro atoms. The number of benzene rings is 2. The van der Waals surface area contributed by atoms with E-state index in [1.54, 1.807) is 13.8 Å². The van der Waals surface area contributed by atoms with Crippen LogP contribution in [0.4, 0.5) is 17.6 Å². The van der Waals surface area contributed by atoms with E-state index in [-0.39, 0.29) is 19.6 Å². The molecule has 1 fully saturated rings. The van der Waals surface area contributed by atoms with Gasteiger partial charge in [0.25, 0.3) is 5.91 Å². The zero-order chi connectivity index (χ0) is 32.6. The summed E-state index contributed by atoms with van der Waals surface area (Å²) in [6, 6.07) is 7.34. The van der Waals surface area contributed by atoms with Gasteiger partial charge < -0.3 is 30.5 Å². The average Bonchev–Trinajstić information content (AvgIpc) is 3.40. The molecule has 0 saturated carbocycles. The van der Waals surface area contributed by atoms with E-state index in [0.29, 0.717) is 12.1 Å². The maximum absolute atomic E-state index is 14.2. The van der Waals surface area contributed by atoms with Crippen molar-refractivity contribution in [3.63, 3.8) is 0 Å². The number of nitrogens with zero attached hydrogens (tertiary/aromatic N) is 1. The number of aliphatic hydroxyl groups is 1. The van der Waals surface area contributed by atoms with Gasteiger partial charge in [0.1, 0.15) is 29.8 Å². The Bertz CT molecular complexity index is 1310. The minimum absolute atomic E-state index is 0.0247. The van der Waals surface area contributed by atoms with Crippen LogP contribution in [0.3, 0.4) is 0 Å². The van der Waals surface area contributed by atoms with Gasteiger partial charge in [-0.25, -0.2) is 22.4 Å². The lowest BCUT2D eigenvalue weighted by Crippen LogP contribution is -2.55. The van der Waals surface area contributed by atoms with Gasteiger partial charge in [0.05, 0.1) is 18.3 Å². The largest absolute Gasteiger partial charge is 0.478 e. The van der Waals surface area contributed by atoms with Crippen molar-refractivity contribution >= 4 is 23.7 Å². The minimum Gasteiger partial charge on any atom is -0.478 e. The Hall–Kier alpha value is -4.04. The third-order valence-corrected chi connectivity index (χ3v) is 7.17. The highest BCUT2D eigenvalue weighted by molar-refractivity contribution is 5.93. The second kappa shape index (κ2) is 15.6. The van der Waals surface area contributed by atoms with Gasteiger partial charge in [-0.1, -0.05) is 44.2 Å². The SMILES string of the molecule is CC(C)[C@H](O)C(=O)N1C[C@H](OCc2ccccc2)C[C@H]1C(=O)N[C@@H](CC(F)F)C(=O)NCCc1c(F)cc(C(=O)O)cc1F. The smallest absolute Gasteiger partial charge is 0.335 e. The van der Waals surface area contributed by atoms with Crippen LogP contribution in [0.1, 0.15) is 48.2 Å². The first kappa shape index (κ1) is 34.5. The Labute approximate surface area is 251 Å². The van der Waals surface area contributed by atoms with Gasteiger partial charge in [-0.2, -0.15) is 0 Å². The molecule has 14 heteroatoms. The number of ether oxygens (including phenoxy) is 1. The van der Waals surface area contributed by atoms with Crippen molar-refractivity contribution in [3.05, 3.63) is 70.8 Å². The summed E-state index contributed by atoms with van der Waals surface area (Å²) in [5.41, 5.74) is -0.289. The Balaban J connectivity index is 1.69. The number of halogens is 4. The first-order chi connectivity index (χ1) is 20.8. The fourth-order valence-corrected chi connectivity index (χ4v) is 4.73. The lowest BCUT2D eigenvalue weighted by molar-refractivity contribution is -0.147. The number of nitrogens with one attached hydrogen (secondary N) is 2. The molecule has 44 heavy (non-hydrogen) atoms.